The molecule has 0 spiro atoms. The minimum absolute atomic E-state index is 0.236. The molecule has 2 aromatic rings. The van der Waals surface area contributed by atoms with Crippen molar-refractivity contribution in [1.82, 2.24) is 15.1 Å². The Morgan fingerprint density at radius 1 is 1.03 bits per heavy atom. The van der Waals surface area contributed by atoms with E-state index in [9.17, 15) is 22.8 Å². The molecule has 2 heterocycles. The van der Waals surface area contributed by atoms with Crippen molar-refractivity contribution < 1.29 is 22.8 Å². The van der Waals surface area contributed by atoms with Gasteiger partial charge < -0.3 is 10.2 Å². The van der Waals surface area contributed by atoms with Crippen LogP contribution in [0.15, 0.2) is 65.9 Å². The normalized spacial score (nSPS) is 19.5. The topological polar surface area (TPSA) is 52.7 Å². The van der Waals surface area contributed by atoms with Crippen LogP contribution in [-0.4, -0.2) is 35.3 Å². The molecule has 5 nitrogen and oxygen atoms in total. The first-order chi connectivity index (χ1) is 13.8. The third kappa shape index (κ3) is 3.46. The van der Waals surface area contributed by atoms with Gasteiger partial charge in [0.1, 0.15) is 0 Å². The van der Waals surface area contributed by atoms with Crippen LogP contribution in [-0.2, 0) is 17.5 Å². The van der Waals surface area contributed by atoms with Crippen LogP contribution in [0, 0.1) is 0 Å². The molecule has 29 heavy (non-hydrogen) atoms. The van der Waals surface area contributed by atoms with E-state index in [-0.39, 0.29) is 12.5 Å². The summed E-state index contributed by atoms with van der Waals surface area (Å²) >= 11 is 0. The minimum atomic E-state index is -4.45. The van der Waals surface area contributed by atoms with Gasteiger partial charge in [0, 0.05) is 13.6 Å². The molecule has 2 aliphatic heterocycles. The van der Waals surface area contributed by atoms with Crippen LogP contribution < -0.4 is 5.32 Å². The molecule has 2 aliphatic rings. The van der Waals surface area contributed by atoms with Gasteiger partial charge in [0.15, 0.2) is 0 Å². The summed E-state index contributed by atoms with van der Waals surface area (Å²) in [6, 6.07) is 12.8. The second-order valence-electron chi connectivity index (χ2n) is 7.07. The summed E-state index contributed by atoms with van der Waals surface area (Å²) in [5.74, 6) is -0.236. The van der Waals surface area contributed by atoms with Gasteiger partial charge >= 0.3 is 12.2 Å². The van der Waals surface area contributed by atoms with Gasteiger partial charge in [-0.1, -0.05) is 42.5 Å². The van der Waals surface area contributed by atoms with E-state index in [4.69, 9.17) is 0 Å². The number of urea groups is 1. The van der Waals surface area contributed by atoms with E-state index in [1.54, 1.807) is 11.9 Å². The number of nitrogens with zero attached hydrogens (tertiary/aromatic N) is 2. The Kier molecular flexibility index (Phi) is 4.56. The van der Waals surface area contributed by atoms with Gasteiger partial charge in [-0.25, -0.2) is 4.79 Å². The molecule has 0 aromatic heterocycles. The summed E-state index contributed by atoms with van der Waals surface area (Å²) in [6.45, 7) is 0.651. The molecule has 0 saturated carbocycles. The minimum Gasteiger partial charge on any atom is -0.329 e. The second-order valence-corrected chi connectivity index (χ2v) is 7.07. The Morgan fingerprint density at radius 2 is 1.69 bits per heavy atom. The fourth-order valence-electron chi connectivity index (χ4n) is 3.67. The highest BCUT2D eigenvalue weighted by Crippen LogP contribution is 2.37. The van der Waals surface area contributed by atoms with E-state index >= 15 is 0 Å². The summed E-state index contributed by atoms with van der Waals surface area (Å²) in [7, 11) is 1.58. The van der Waals surface area contributed by atoms with Crippen molar-refractivity contribution in [2.75, 3.05) is 13.6 Å². The first kappa shape index (κ1) is 19.0. The molecule has 4 rings (SSSR count). The predicted octanol–water partition coefficient (Wildman–Crippen LogP) is 3.70. The lowest BCUT2D eigenvalue weighted by Crippen LogP contribution is -2.45. The smallest absolute Gasteiger partial charge is 0.329 e. The van der Waals surface area contributed by atoms with Crippen LogP contribution >= 0.6 is 0 Å². The molecule has 3 amide bonds. The predicted molar refractivity (Wildman–Crippen MR) is 99.4 cm³/mol. The molecular weight excluding hydrogens is 383 g/mol. The third-order valence-corrected chi connectivity index (χ3v) is 5.22. The zero-order chi connectivity index (χ0) is 20.8. The van der Waals surface area contributed by atoms with Crippen LogP contribution in [0.2, 0.25) is 0 Å². The van der Waals surface area contributed by atoms with Gasteiger partial charge in [0.05, 0.1) is 29.4 Å². The lowest BCUT2D eigenvalue weighted by Gasteiger charge is -2.31. The van der Waals surface area contributed by atoms with Gasteiger partial charge in [-0.3, -0.25) is 9.69 Å². The van der Waals surface area contributed by atoms with Gasteiger partial charge in [-0.05, 0) is 23.3 Å². The molecule has 150 valence electrons. The molecular formula is C21H18F3N3O2. The molecule has 1 N–H and O–H groups in total. The van der Waals surface area contributed by atoms with E-state index in [1.165, 1.54) is 17.0 Å². The average molecular weight is 401 g/mol. The van der Waals surface area contributed by atoms with Crippen molar-refractivity contribution in [3.63, 3.8) is 0 Å². The van der Waals surface area contributed by atoms with Gasteiger partial charge in [0.25, 0.3) is 5.91 Å². The lowest BCUT2D eigenvalue weighted by molar-refractivity contribution is -0.137. The third-order valence-electron chi connectivity index (χ3n) is 5.22. The second kappa shape index (κ2) is 6.95. The number of alkyl halides is 3. The van der Waals surface area contributed by atoms with Crippen LogP contribution in [0.25, 0.3) is 0 Å². The fraction of sp³-hybridized carbons (Fsp3) is 0.238. The summed E-state index contributed by atoms with van der Waals surface area (Å²) in [6.07, 6.45) is -4.45. The van der Waals surface area contributed by atoms with Gasteiger partial charge in [-0.15, -0.1) is 0 Å². The Hall–Kier alpha value is -3.29. The first-order valence-electron chi connectivity index (χ1n) is 9.03. The lowest BCUT2D eigenvalue weighted by atomic mass is 9.95. The monoisotopic (exact) mass is 401 g/mol. The maximum atomic E-state index is 13.1. The molecule has 0 radical (unpaired) electrons. The highest BCUT2D eigenvalue weighted by molar-refractivity contribution is 6.01. The molecule has 0 bridgehead atoms. The first-order valence-corrected chi connectivity index (χ1v) is 9.03. The summed E-state index contributed by atoms with van der Waals surface area (Å²) in [5.41, 5.74) is 1.57. The molecule has 0 aliphatic carbocycles. The maximum absolute atomic E-state index is 13.1. The Labute approximate surface area is 165 Å². The Morgan fingerprint density at radius 3 is 2.31 bits per heavy atom. The zero-order valence-electron chi connectivity index (χ0n) is 15.5. The van der Waals surface area contributed by atoms with Crippen LogP contribution in [0.4, 0.5) is 18.0 Å². The average Bonchev–Trinajstić information content (AvgIpc) is 3.02. The van der Waals surface area contributed by atoms with Crippen LogP contribution in [0.5, 0.6) is 0 Å². The van der Waals surface area contributed by atoms with Crippen molar-refractivity contribution in [3.8, 4) is 0 Å². The van der Waals surface area contributed by atoms with E-state index in [2.05, 4.69) is 5.32 Å². The summed E-state index contributed by atoms with van der Waals surface area (Å²) in [5, 5.41) is 2.73. The highest BCUT2D eigenvalue weighted by atomic mass is 19.4. The Bertz CT molecular complexity index is 984. The van der Waals surface area contributed by atoms with Crippen molar-refractivity contribution in [2.45, 2.75) is 18.8 Å². The van der Waals surface area contributed by atoms with Crippen LogP contribution in [0.1, 0.15) is 22.7 Å². The van der Waals surface area contributed by atoms with Crippen molar-refractivity contribution >= 4 is 11.9 Å². The number of rotatable bonds is 3. The van der Waals surface area contributed by atoms with E-state index in [1.807, 2.05) is 30.3 Å². The molecule has 1 unspecified atom stereocenters. The highest BCUT2D eigenvalue weighted by Gasteiger charge is 2.43. The Balaban J connectivity index is 1.65. The standard InChI is InChI=1S/C21H18F3N3O2/c1-26-16-12-27(11-13-5-3-2-4-6-13)19(28)17(16)18(25-20(26)29)14-7-9-15(10-8-14)21(22,23)24/h2-10,18H,11-12H2,1H3,(H,25,29). The van der Waals surface area contributed by atoms with E-state index < -0.39 is 23.8 Å². The number of carbonyl (C=O) groups is 2. The van der Waals surface area contributed by atoms with E-state index in [0.29, 0.717) is 23.4 Å². The molecule has 8 heteroatoms. The fourth-order valence-corrected chi connectivity index (χ4v) is 3.67. The summed E-state index contributed by atoms with van der Waals surface area (Å²) in [4.78, 5) is 28.5. The number of hydrogen-bond donors (Lipinski definition) is 1. The van der Waals surface area contributed by atoms with Crippen molar-refractivity contribution in [3.05, 3.63) is 82.6 Å². The number of amides is 3. The zero-order valence-corrected chi connectivity index (χ0v) is 15.5. The van der Waals surface area contributed by atoms with E-state index in [0.717, 1.165) is 17.7 Å². The number of likely N-dealkylation sites (N-methyl/N-ethyl adjacent to an activating group) is 1. The van der Waals surface area contributed by atoms with Crippen LogP contribution in [0.3, 0.4) is 0 Å². The number of carbonyl (C=O) groups excluding carboxylic acids is 2. The van der Waals surface area contributed by atoms with Crippen molar-refractivity contribution in [2.24, 2.45) is 0 Å². The quantitative estimate of drug-likeness (QED) is 0.853. The molecule has 2 aromatic carbocycles. The molecule has 0 fully saturated rings. The van der Waals surface area contributed by atoms with Gasteiger partial charge in [0.2, 0.25) is 0 Å². The van der Waals surface area contributed by atoms with Gasteiger partial charge in [-0.2, -0.15) is 13.2 Å². The number of hydrogen-bond acceptors (Lipinski definition) is 2. The largest absolute Gasteiger partial charge is 0.416 e. The number of benzene rings is 2. The summed E-state index contributed by atoms with van der Waals surface area (Å²) < 4.78 is 38.6. The molecule has 1 atom stereocenters. The SMILES string of the molecule is CN1C(=O)NC(c2ccc(C(F)(F)F)cc2)C2=C1CN(Cc1ccccc1)C2=O. The maximum Gasteiger partial charge on any atom is 0.416 e. The molecule has 0 saturated heterocycles. The van der Waals surface area contributed by atoms with Crippen molar-refractivity contribution in [1.29, 1.82) is 0 Å². The number of nitrogens with one attached hydrogen (secondary N) is 1. The number of halogens is 3.